The summed E-state index contributed by atoms with van der Waals surface area (Å²) in [6, 6.07) is 10.1. The van der Waals surface area contributed by atoms with Gasteiger partial charge in [-0.05, 0) is 25.1 Å². The summed E-state index contributed by atoms with van der Waals surface area (Å²) >= 11 is 0. The average molecular weight is 392 g/mol. The van der Waals surface area contributed by atoms with E-state index in [0.29, 0.717) is 19.6 Å². The quantitative estimate of drug-likeness (QED) is 0.256. The van der Waals surface area contributed by atoms with Crippen LogP contribution in [0.3, 0.4) is 0 Å². The third-order valence-corrected chi connectivity index (χ3v) is 5.05. The second kappa shape index (κ2) is 16.6. The normalized spacial score (nSPS) is 12.3. The Morgan fingerprint density at radius 2 is 1.57 bits per heavy atom. The Morgan fingerprint density at radius 3 is 2.21 bits per heavy atom. The molecule has 0 amide bonds. The van der Waals surface area contributed by atoms with E-state index in [2.05, 4.69) is 25.7 Å². The summed E-state index contributed by atoms with van der Waals surface area (Å²) in [5.74, 6) is -0.0889. The zero-order valence-corrected chi connectivity index (χ0v) is 18.3. The molecule has 0 saturated carbocycles. The summed E-state index contributed by atoms with van der Waals surface area (Å²) in [5, 5.41) is 0. The number of hydrogen-bond acceptors (Lipinski definition) is 4. The molecule has 0 aliphatic heterocycles. The molecule has 1 aromatic carbocycles. The third kappa shape index (κ3) is 12.1. The van der Waals surface area contributed by atoms with E-state index in [1.807, 2.05) is 30.3 Å². The third-order valence-electron chi connectivity index (χ3n) is 5.05. The lowest BCUT2D eigenvalue weighted by Gasteiger charge is -2.25. The molecule has 160 valence electrons. The van der Waals surface area contributed by atoms with Gasteiger partial charge in [-0.3, -0.25) is 4.79 Å². The minimum atomic E-state index is -0.208. The molecule has 0 saturated heterocycles. The Kier molecular flexibility index (Phi) is 14.6. The van der Waals surface area contributed by atoms with Crippen LogP contribution in [0.25, 0.3) is 0 Å². The molecule has 0 unspecified atom stereocenters. The van der Waals surface area contributed by atoms with Gasteiger partial charge in [-0.15, -0.1) is 0 Å². The van der Waals surface area contributed by atoms with Crippen molar-refractivity contribution in [2.45, 2.75) is 84.8 Å². The molecule has 0 N–H and O–H groups in total. The van der Waals surface area contributed by atoms with Gasteiger partial charge in [0.2, 0.25) is 0 Å². The molecule has 0 aromatic heterocycles. The first-order chi connectivity index (χ1) is 13.7. The molecule has 0 aliphatic carbocycles. The smallest absolute Gasteiger partial charge is 0.306 e. The molecular formula is C24H41NO3. The predicted octanol–water partition coefficient (Wildman–Crippen LogP) is 5.60. The highest BCUT2D eigenvalue weighted by atomic mass is 16.6. The van der Waals surface area contributed by atoms with Gasteiger partial charge in [0.25, 0.3) is 0 Å². The fraction of sp³-hybridized carbons (Fsp3) is 0.708. The van der Waals surface area contributed by atoms with Crippen LogP contribution in [0.5, 0.6) is 0 Å². The second-order valence-electron chi connectivity index (χ2n) is 7.47. The van der Waals surface area contributed by atoms with Crippen molar-refractivity contribution in [2.75, 3.05) is 26.2 Å². The average Bonchev–Trinajstić information content (AvgIpc) is 2.71. The van der Waals surface area contributed by atoms with Gasteiger partial charge in [-0.2, -0.15) is 0 Å². The molecule has 0 spiro atoms. The molecule has 4 nitrogen and oxygen atoms in total. The van der Waals surface area contributed by atoms with Gasteiger partial charge in [-0.1, -0.05) is 89.6 Å². The fourth-order valence-corrected chi connectivity index (χ4v) is 3.25. The summed E-state index contributed by atoms with van der Waals surface area (Å²) < 4.78 is 11.6. The maximum absolute atomic E-state index is 12.3. The van der Waals surface area contributed by atoms with Crippen molar-refractivity contribution in [1.82, 2.24) is 4.90 Å². The Balaban J connectivity index is 2.33. The number of rotatable bonds is 17. The van der Waals surface area contributed by atoms with Gasteiger partial charge in [0.05, 0.1) is 13.2 Å². The highest BCUT2D eigenvalue weighted by Crippen LogP contribution is 2.10. The molecular weight excluding hydrogens is 350 g/mol. The Labute approximate surface area is 172 Å². The van der Waals surface area contributed by atoms with Crippen LogP contribution >= 0.6 is 0 Å². The highest BCUT2D eigenvalue weighted by Gasteiger charge is 2.17. The molecule has 0 bridgehead atoms. The van der Waals surface area contributed by atoms with Crippen molar-refractivity contribution in [2.24, 2.45) is 0 Å². The second-order valence-corrected chi connectivity index (χ2v) is 7.47. The van der Waals surface area contributed by atoms with E-state index < -0.39 is 0 Å². The number of likely N-dealkylation sites (N-methyl/N-ethyl adjacent to an activating group) is 1. The van der Waals surface area contributed by atoms with Gasteiger partial charge < -0.3 is 14.4 Å². The lowest BCUT2D eigenvalue weighted by Crippen LogP contribution is -2.37. The van der Waals surface area contributed by atoms with Gasteiger partial charge >= 0.3 is 5.97 Å². The van der Waals surface area contributed by atoms with Gasteiger partial charge in [0.1, 0.15) is 6.10 Å². The van der Waals surface area contributed by atoms with Crippen molar-refractivity contribution in [3.8, 4) is 0 Å². The fourth-order valence-electron chi connectivity index (χ4n) is 3.25. The Bertz CT molecular complexity index is 488. The van der Waals surface area contributed by atoms with Crippen molar-refractivity contribution < 1.29 is 14.3 Å². The van der Waals surface area contributed by atoms with Crippen LogP contribution in [0.2, 0.25) is 0 Å². The molecule has 4 heteroatoms. The Hall–Kier alpha value is -1.39. The van der Waals surface area contributed by atoms with Crippen LogP contribution in [0.1, 0.15) is 77.7 Å². The predicted molar refractivity (Wildman–Crippen MR) is 116 cm³/mol. The zero-order valence-electron chi connectivity index (χ0n) is 18.3. The number of unbranched alkanes of at least 4 members (excludes halogenated alkanes) is 6. The molecule has 0 radical (unpaired) electrons. The highest BCUT2D eigenvalue weighted by molar-refractivity contribution is 5.69. The van der Waals surface area contributed by atoms with Crippen molar-refractivity contribution in [3.63, 3.8) is 0 Å². The SMILES string of the molecule is CCCCCCCCCC(=O)O[C@H](COCc1ccccc1)CN(CC)CC. The number of esters is 1. The molecule has 0 heterocycles. The van der Waals surface area contributed by atoms with Gasteiger partial charge in [-0.25, -0.2) is 0 Å². The maximum atomic E-state index is 12.3. The van der Waals surface area contributed by atoms with Crippen LogP contribution in [0.4, 0.5) is 0 Å². The van der Waals surface area contributed by atoms with E-state index in [0.717, 1.165) is 38.0 Å². The summed E-state index contributed by atoms with van der Waals surface area (Å²) in [4.78, 5) is 14.6. The first-order valence-corrected chi connectivity index (χ1v) is 11.2. The minimum Gasteiger partial charge on any atom is -0.459 e. The molecule has 0 aliphatic rings. The van der Waals surface area contributed by atoms with Crippen LogP contribution < -0.4 is 0 Å². The van der Waals surface area contributed by atoms with E-state index in [4.69, 9.17) is 9.47 Å². The first kappa shape index (κ1) is 24.6. The minimum absolute atomic E-state index is 0.0889. The summed E-state index contributed by atoms with van der Waals surface area (Å²) in [5.41, 5.74) is 1.14. The summed E-state index contributed by atoms with van der Waals surface area (Å²) in [6.07, 6.45) is 8.74. The van der Waals surface area contributed by atoms with Gasteiger partial charge in [0.15, 0.2) is 0 Å². The standard InChI is InChI=1S/C24H41NO3/c1-4-7-8-9-10-11-15-18-24(26)28-23(19-25(5-2)6-3)21-27-20-22-16-13-12-14-17-22/h12-14,16-17,23H,4-11,15,18-21H2,1-3H3/t23-/m0/s1. The Morgan fingerprint density at radius 1 is 0.929 bits per heavy atom. The van der Waals surface area contributed by atoms with Gasteiger partial charge in [0, 0.05) is 13.0 Å². The number of nitrogens with zero attached hydrogens (tertiary/aromatic N) is 1. The summed E-state index contributed by atoms with van der Waals surface area (Å²) in [6.45, 7) is 10.1. The number of carbonyl (C=O) groups excluding carboxylic acids is 1. The van der Waals surface area contributed by atoms with E-state index in [1.54, 1.807) is 0 Å². The number of hydrogen-bond donors (Lipinski definition) is 0. The topological polar surface area (TPSA) is 38.8 Å². The van der Waals surface area contributed by atoms with E-state index in [-0.39, 0.29) is 12.1 Å². The lowest BCUT2D eigenvalue weighted by molar-refractivity contribution is -0.153. The van der Waals surface area contributed by atoms with Crippen LogP contribution in [0.15, 0.2) is 30.3 Å². The van der Waals surface area contributed by atoms with Crippen molar-refractivity contribution in [1.29, 1.82) is 0 Å². The van der Waals surface area contributed by atoms with Crippen LogP contribution in [0, 0.1) is 0 Å². The summed E-state index contributed by atoms with van der Waals surface area (Å²) in [7, 11) is 0. The zero-order chi connectivity index (χ0) is 20.5. The van der Waals surface area contributed by atoms with Crippen LogP contribution in [-0.2, 0) is 20.9 Å². The maximum Gasteiger partial charge on any atom is 0.306 e. The monoisotopic (exact) mass is 391 g/mol. The first-order valence-electron chi connectivity index (χ1n) is 11.2. The van der Waals surface area contributed by atoms with Crippen LogP contribution in [-0.4, -0.2) is 43.2 Å². The largest absolute Gasteiger partial charge is 0.459 e. The lowest BCUT2D eigenvalue weighted by atomic mass is 10.1. The number of carbonyl (C=O) groups is 1. The van der Waals surface area contributed by atoms with E-state index in [9.17, 15) is 4.79 Å². The number of benzene rings is 1. The van der Waals surface area contributed by atoms with Crippen molar-refractivity contribution >= 4 is 5.97 Å². The molecule has 0 fully saturated rings. The molecule has 1 atom stereocenters. The number of ether oxygens (including phenoxy) is 2. The molecule has 1 aromatic rings. The van der Waals surface area contributed by atoms with Crippen molar-refractivity contribution in [3.05, 3.63) is 35.9 Å². The van der Waals surface area contributed by atoms with E-state index in [1.165, 1.54) is 32.1 Å². The molecule has 28 heavy (non-hydrogen) atoms. The molecule has 1 rings (SSSR count). The van der Waals surface area contributed by atoms with E-state index >= 15 is 0 Å².